The third-order valence-electron chi connectivity index (χ3n) is 3.40. The molecule has 1 fully saturated rings. The lowest BCUT2D eigenvalue weighted by atomic mass is 9.93. The average molecular weight is 236 g/mol. The Morgan fingerprint density at radius 2 is 1.82 bits per heavy atom. The van der Waals surface area contributed by atoms with Crippen molar-refractivity contribution in [1.29, 1.82) is 0 Å². The zero-order valence-electron chi connectivity index (χ0n) is 11.3. The molecule has 0 bridgehead atoms. The summed E-state index contributed by atoms with van der Waals surface area (Å²) in [6.45, 7) is 11.1. The summed E-state index contributed by atoms with van der Waals surface area (Å²) in [7, 11) is 0. The molecule has 4 heteroatoms. The smallest absolute Gasteiger partial charge is 0.0880 e. The number of aromatic nitrogens is 3. The van der Waals surface area contributed by atoms with Gasteiger partial charge < -0.3 is 4.90 Å². The van der Waals surface area contributed by atoms with Gasteiger partial charge in [0.15, 0.2) is 0 Å². The standard InChI is InChI=1S/C13H24N4/c1-13(2,3)12-11-17(15-14-12)10-9-16-7-5-4-6-8-16/h11H,4-10H2,1-3H3. The van der Waals surface area contributed by atoms with E-state index in [2.05, 4.69) is 42.2 Å². The molecular formula is C13H24N4. The van der Waals surface area contributed by atoms with Gasteiger partial charge in [-0.1, -0.05) is 32.4 Å². The van der Waals surface area contributed by atoms with Crippen molar-refractivity contribution in [3.63, 3.8) is 0 Å². The van der Waals surface area contributed by atoms with Crippen LogP contribution in [0, 0.1) is 0 Å². The highest BCUT2D eigenvalue weighted by Gasteiger charge is 2.18. The van der Waals surface area contributed by atoms with Crippen LogP contribution in [0.4, 0.5) is 0 Å². The molecule has 0 unspecified atom stereocenters. The van der Waals surface area contributed by atoms with Gasteiger partial charge in [-0.05, 0) is 25.9 Å². The minimum absolute atomic E-state index is 0.101. The minimum Gasteiger partial charge on any atom is -0.301 e. The van der Waals surface area contributed by atoms with E-state index in [0.29, 0.717) is 0 Å². The van der Waals surface area contributed by atoms with Crippen molar-refractivity contribution in [3.05, 3.63) is 11.9 Å². The number of hydrogen-bond donors (Lipinski definition) is 0. The summed E-state index contributed by atoms with van der Waals surface area (Å²) in [5.41, 5.74) is 1.18. The Labute approximate surface area is 104 Å². The molecule has 0 aromatic carbocycles. The summed E-state index contributed by atoms with van der Waals surface area (Å²) in [5, 5.41) is 8.45. The van der Waals surface area contributed by atoms with Gasteiger partial charge in [-0.3, -0.25) is 4.68 Å². The van der Waals surface area contributed by atoms with Crippen LogP contribution in [0.1, 0.15) is 45.7 Å². The Morgan fingerprint density at radius 1 is 1.12 bits per heavy atom. The lowest BCUT2D eigenvalue weighted by Gasteiger charge is -2.26. The second-order valence-corrected chi connectivity index (χ2v) is 6.02. The van der Waals surface area contributed by atoms with Crippen LogP contribution in [0.25, 0.3) is 0 Å². The third-order valence-corrected chi connectivity index (χ3v) is 3.40. The van der Waals surface area contributed by atoms with Crippen molar-refractivity contribution < 1.29 is 0 Å². The topological polar surface area (TPSA) is 34.0 Å². The summed E-state index contributed by atoms with van der Waals surface area (Å²) in [6.07, 6.45) is 6.19. The van der Waals surface area contributed by atoms with Crippen LogP contribution in [0.3, 0.4) is 0 Å². The van der Waals surface area contributed by atoms with E-state index < -0.39 is 0 Å². The Bertz CT molecular complexity index is 345. The molecule has 96 valence electrons. The maximum absolute atomic E-state index is 4.25. The molecule has 2 rings (SSSR count). The molecule has 0 radical (unpaired) electrons. The van der Waals surface area contributed by atoms with Crippen molar-refractivity contribution >= 4 is 0 Å². The van der Waals surface area contributed by atoms with Crippen molar-refractivity contribution in [3.8, 4) is 0 Å². The molecule has 0 saturated carbocycles. The van der Waals surface area contributed by atoms with Gasteiger partial charge in [0.05, 0.1) is 12.2 Å². The highest BCUT2D eigenvalue weighted by molar-refractivity contribution is 5.06. The zero-order valence-corrected chi connectivity index (χ0v) is 11.3. The van der Waals surface area contributed by atoms with Crippen LogP contribution in [0.2, 0.25) is 0 Å². The number of piperidine rings is 1. The monoisotopic (exact) mass is 236 g/mol. The second-order valence-electron chi connectivity index (χ2n) is 6.02. The zero-order chi connectivity index (χ0) is 12.3. The molecule has 0 spiro atoms. The number of nitrogens with zero attached hydrogens (tertiary/aromatic N) is 4. The summed E-state index contributed by atoms with van der Waals surface area (Å²) < 4.78 is 1.98. The number of likely N-dealkylation sites (tertiary alicyclic amines) is 1. The summed E-state index contributed by atoms with van der Waals surface area (Å²) in [5.74, 6) is 0. The van der Waals surface area contributed by atoms with Crippen LogP contribution < -0.4 is 0 Å². The molecule has 0 atom stereocenters. The molecule has 0 N–H and O–H groups in total. The normalized spacial score (nSPS) is 18.5. The lowest BCUT2D eigenvalue weighted by Crippen LogP contribution is -2.32. The maximum Gasteiger partial charge on any atom is 0.0880 e. The Kier molecular flexibility index (Phi) is 3.82. The molecule has 4 nitrogen and oxygen atoms in total. The van der Waals surface area contributed by atoms with Gasteiger partial charge >= 0.3 is 0 Å². The largest absolute Gasteiger partial charge is 0.301 e. The molecule has 0 amide bonds. The fraction of sp³-hybridized carbons (Fsp3) is 0.846. The molecule has 0 aliphatic carbocycles. The lowest BCUT2D eigenvalue weighted by molar-refractivity contribution is 0.217. The van der Waals surface area contributed by atoms with E-state index in [1.54, 1.807) is 0 Å². The fourth-order valence-electron chi connectivity index (χ4n) is 2.18. The van der Waals surface area contributed by atoms with E-state index in [1.807, 2.05) is 4.68 Å². The molecule has 1 aliphatic rings. The summed E-state index contributed by atoms with van der Waals surface area (Å²) >= 11 is 0. The first-order chi connectivity index (χ1) is 8.05. The summed E-state index contributed by atoms with van der Waals surface area (Å²) in [4.78, 5) is 2.53. The average Bonchev–Trinajstić information content (AvgIpc) is 2.76. The van der Waals surface area contributed by atoms with E-state index >= 15 is 0 Å². The number of hydrogen-bond acceptors (Lipinski definition) is 3. The van der Waals surface area contributed by atoms with E-state index in [4.69, 9.17) is 0 Å². The summed E-state index contributed by atoms with van der Waals surface area (Å²) in [6, 6.07) is 0. The Balaban J connectivity index is 1.84. The van der Waals surface area contributed by atoms with Crippen LogP contribution in [-0.2, 0) is 12.0 Å². The first-order valence-corrected chi connectivity index (χ1v) is 6.69. The number of rotatable bonds is 3. The predicted octanol–water partition coefficient (Wildman–Crippen LogP) is 2.06. The van der Waals surface area contributed by atoms with Crippen molar-refractivity contribution in [2.24, 2.45) is 0 Å². The van der Waals surface area contributed by atoms with Crippen LogP contribution in [0.5, 0.6) is 0 Å². The highest BCUT2D eigenvalue weighted by Crippen LogP contribution is 2.18. The van der Waals surface area contributed by atoms with Crippen LogP contribution >= 0.6 is 0 Å². The molecular weight excluding hydrogens is 212 g/mol. The maximum atomic E-state index is 4.25. The van der Waals surface area contributed by atoms with Crippen molar-refractivity contribution in [2.45, 2.75) is 52.0 Å². The minimum atomic E-state index is 0.101. The van der Waals surface area contributed by atoms with Crippen molar-refractivity contribution in [2.75, 3.05) is 19.6 Å². The molecule has 2 heterocycles. The van der Waals surface area contributed by atoms with Gasteiger partial charge in [-0.2, -0.15) is 0 Å². The highest BCUT2D eigenvalue weighted by atomic mass is 15.4. The molecule has 1 saturated heterocycles. The fourth-order valence-corrected chi connectivity index (χ4v) is 2.18. The second kappa shape index (κ2) is 5.17. The molecule has 17 heavy (non-hydrogen) atoms. The van der Waals surface area contributed by atoms with Crippen LogP contribution in [0.15, 0.2) is 6.20 Å². The molecule has 1 aromatic rings. The Morgan fingerprint density at radius 3 is 2.41 bits per heavy atom. The van der Waals surface area contributed by atoms with Crippen LogP contribution in [-0.4, -0.2) is 39.5 Å². The van der Waals surface area contributed by atoms with E-state index in [-0.39, 0.29) is 5.41 Å². The first-order valence-electron chi connectivity index (χ1n) is 6.69. The van der Waals surface area contributed by atoms with Gasteiger partial charge in [-0.15, -0.1) is 5.10 Å². The molecule has 1 aliphatic heterocycles. The SMILES string of the molecule is CC(C)(C)c1cn(CCN2CCCCC2)nn1. The van der Waals surface area contributed by atoms with Gasteiger partial charge in [0.1, 0.15) is 0 Å². The van der Waals surface area contributed by atoms with E-state index in [1.165, 1.54) is 32.4 Å². The first kappa shape index (κ1) is 12.6. The van der Waals surface area contributed by atoms with Gasteiger partial charge in [-0.25, -0.2) is 0 Å². The quantitative estimate of drug-likeness (QED) is 0.805. The van der Waals surface area contributed by atoms with Gasteiger partial charge in [0.2, 0.25) is 0 Å². The van der Waals surface area contributed by atoms with Crippen molar-refractivity contribution in [1.82, 2.24) is 19.9 Å². The predicted molar refractivity (Wildman–Crippen MR) is 69.0 cm³/mol. The Hall–Kier alpha value is -0.900. The van der Waals surface area contributed by atoms with E-state index in [0.717, 1.165) is 18.8 Å². The van der Waals surface area contributed by atoms with E-state index in [9.17, 15) is 0 Å². The molecule has 1 aromatic heterocycles. The van der Waals surface area contributed by atoms with Gasteiger partial charge in [0.25, 0.3) is 0 Å². The van der Waals surface area contributed by atoms with Gasteiger partial charge in [0, 0.05) is 18.2 Å². The third kappa shape index (κ3) is 3.53.